The summed E-state index contributed by atoms with van der Waals surface area (Å²) in [6, 6.07) is 9.29. The van der Waals surface area contributed by atoms with Crippen molar-refractivity contribution < 1.29 is 0 Å². The summed E-state index contributed by atoms with van der Waals surface area (Å²) in [5, 5.41) is 16.1. The Morgan fingerprint density at radius 2 is 2.29 bits per heavy atom. The lowest BCUT2D eigenvalue weighted by Crippen LogP contribution is -2.05. The number of nitrogen functional groups attached to an aromatic ring is 1. The van der Waals surface area contributed by atoms with Gasteiger partial charge in [-0.25, -0.2) is 0 Å². The Balaban J connectivity index is 2.08. The van der Waals surface area contributed by atoms with Crippen LogP contribution in [-0.4, -0.2) is 9.78 Å². The van der Waals surface area contributed by atoms with Crippen molar-refractivity contribution in [3.8, 4) is 6.07 Å². The van der Waals surface area contributed by atoms with Crippen LogP contribution < -0.4 is 11.1 Å². The third-order valence-corrected chi connectivity index (χ3v) is 2.57. The number of aromatic nitrogens is 2. The zero-order valence-electron chi connectivity index (χ0n) is 9.51. The molecule has 0 fully saturated rings. The molecule has 1 aromatic carbocycles. The van der Waals surface area contributed by atoms with Crippen LogP contribution in [0, 0.1) is 11.3 Å². The maximum atomic E-state index is 8.76. The van der Waals surface area contributed by atoms with Gasteiger partial charge in [-0.1, -0.05) is 0 Å². The number of hydrogen-bond donors (Lipinski definition) is 2. The first-order chi connectivity index (χ1) is 8.20. The highest BCUT2D eigenvalue weighted by molar-refractivity contribution is 5.62. The van der Waals surface area contributed by atoms with Crippen molar-refractivity contribution in [2.24, 2.45) is 7.05 Å². The van der Waals surface area contributed by atoms with Crippen LogP contribution in [0.3, 0.4) is 0 Å². The quantitative estimate of drug-likeness (QED) is 0.778. The van der Waals surface area contributed by atoms with Gasteiger partial charge in [-0.05, 0) is 24.3 Å². The molecule has 0 unspecified atom stereocenters. The summed E-state index contributed by atoms with van der Waals surface area (Å²) < 4.78 is 1.81. The molecule has 0 aliphatic heterocycles. The highest BCUT2D eigenvalue weighted by atomic mass is 15.3. The number of anilines is 2. The first-order valence-corrected chi connectivity index (χ1v) is 5.21. The maximum absolute atomic E-state index is 8.76. The monoisotopic (exact) mass is 227 g/mol. The average molecular weight is 227 g/mol. The van der Waals surface area contributed by atoms with Gasteiger partial charge in [-0.15, -0.1) is 0 Å². The van der Waals surface area contributed by atoms with E-state index in [1.165, 1.54) is 0 Å². The van der Waals surface area contributed by atoms with E-state index in [-0.39, 0.29) is 0 Å². The molecule has 2 aromatic rings. The molecule has 3 N–H and O–H groups in total. The summed E-state index contributed by atoms with van der Waals surface area (Å²) >= 11 is 0. The fourth-order valence-corrected chi connectivity index (χ4v) is 1.54. The van der Waals surface area contributed by atoms with Gasteiger partial charge in [0.2, 0.25) is 0 Å². The smallest absolute Gasteiger partial charge is 0.101 e. The Kier molecular flexibility index (Phi) is 2.97. The largest absolute Gasteiger partial charge is 0.398 e. The lowest BCUT2D eigenvalue weighted by Gasteiger charge is -2.08. The minimum absolute atomic E-state index is 0.488. The molecular weight excluding hydrogens is 214 g/mol. The van der Waals surface area contributed by atoms with Gasteiger partial charge in [0.25, 0.3) is 0 Å². The zero-order valence-corrected chi connectivity index (χ0v) is 9.51. The molecule has 0 spiro atoms. The highest BCUT2D eigenvalue weighted by Crippen LogP contribution is 2.17. The van der Waals surface area contributed by atoms with E-state index in [4.69, 9.17) is 11.0 Å². The van der Waals surface area contributed by atoms with Crippen molar-refractivity contribution in [2.45, 2.75) is 6.54 Å². The van der Waals surface area contributed by atoms with Gasteiger partial charge in [0.15, 0.2) is 0 Å². The van der Waals surface area contributed by atoms with Gasteiger partial charge in [-0.2, -0.15) is 10.4 Å². The van der Waals surface area contributed by atoms with Gasteiger partial charge < -0.3 is 11.1 Å². The first kappa shape index (κ1) is 11.0. The minimum Gasteiger partial charge on any atom is -0.398 e. The van der Waals surface area contributed by atoms with Crippen molar-refractivity contribution in [1.82, 2.24) is 9.78 Å². The van der Waals surface area contributed by atoms with Crippen LogP contribution in [0.15, 0.2) is 30.5 Å². The van der Waals surface area contributed by atoms with Crippen LogP contribution in [0.1, 0.15) is 11.3 Å². The Bertz CT molecular complexity index is 565. The van der Waals surface area contributed by atoms with Crippen LogP contribution in [0.2, 0.25) is 0 Å². The Hall–Kier alpha value is -2.48. The number of nitrogens with one attached hydrogen (secondary N) is 1. The molecule has 2 rings (SSSR count). The highest BCUT2D eigenvalue weighted by Gasteiger charge is 2.01. The molecule has 1 heterocycles. The van der Waals surface area contributed by atoms with Gasteiger partial charge in [0.1, 0.15) is 6.07 Å². The molecule has 1 aromatic heterocycles. The average Bonchev–Trinajstić information content (AvgIpc) is 2.72. The number of hydrogen-bond acceptors (Lipinski definition) is 4. The van der Waals surface area contributed by atoms with Gasteiger partial charge in [0.05, 0.1) is 23.5 Å². The van der Waals surface area contributed by atoms with Crippen molar-refractivity contribution in [3.63, 3.8) is 0 Å². The van der Waals surface area contributed by atoms with Crippen molar-refractivity contribution in [2.75, 3.05) is 11.1 Å². The molecular formula is C12H13N5. The molecule has 0 radical (unpaired) electrons. The second-order valence-corrected chi connectivity index (χ2v) is 3.71. The zero-order chi connectivity index (χ0) is 12.3. The van der Waals surface area contributed by atoms with Crippen molar-refractivity contribution in [3.05, 3.63) is 41.7 Å². The summed E-state index contributed by atoms with van der Waals surface area (Å²) in [7, 11) is 1.89. The van der Waals surface area contributed by atoms with Crippen LogP contribution in [0.25, 0.3) is 0 Å². The Morgan fingerprint density at radius 1 is 1.47 bits per heavy atom. The third-order valence-electron chi connectivity index (χ3n) is 2.57. The summed E-state index contributed by atoms with van der Waals surface area (Å²) in [6.07, 6.45) is 1.75. The van der Waals surface area contributed by atoms with Crippen LogP contribution in [0.4, 0.5) is 11.4 Å². The Morgan fingerprint density at radius 3 is 2.88 bits per heavy atom. The molecule has 0 bridgehead atoms. The molecule has 0 aliphatic carbocycles. The van der Waals surface area contributed by atoms with Gasteiger partial charge in [0, 0.05) is 18.9 Å². The third kappa shape index (κ3) is 2.37. The van der Waals surface area contributed by atoms with E-state index in [9.17, 15) is 0 Å². The molecule has 0 saturated carbocycles. The molecule has 0 aliphatic rings. The minimum atomic E-state index is 0.488. The van der Waals surface area contributed by atoms with Crippen LogP contribution in [0.5, 0.6) is 0 Å². The number of nitrogens with zero attached hydrogens (tertiary/aromatic N) is 3. The molecule has 0 saturated heterocycles. The predicted octanol–water partition coefficient (Wildman–Crippen LogP) is 1.49. The molecule has 0 atom stereocenters. The van der Waals surface area contributed by atoms with E-state index >= 15 is 0 Å². The van der Waals surface area contributed by atoms with Gasteiger partial charge in [-0.3, -0.25) is 4.68 Å². The van der Waals surface area contributed by atoms with E-state index in [2.05, 4.69) is 10.4 Å². The SMILES string of the molecule is Cn1nccc1CNc1ccc(C#N)c(N)c1. The van der Waals surface area contributed by atoms with E-state index < -0.39 is 0 Å². The second-order valence-electron chi connectivity index (χ2n) is 3.71. The van der Waals surface area contributed by atoms with Crippen LogP contribution in [-0.2, 0) is 13.6 Å². The number of nitrogens with two attached hydrogens (primary N) is 1. The normalized spacial score (nSPS) is 9.88. The predicted molar refractivity (Wildman–Crippen MR) is 66.1 cm³/mol. The van der Waals surface area contributed by atoms with Crippen LogP contribution >= 0.6 is 0 Å². The fraction of sp³-hybridized carbons (Fsp3) is 0.167. The van der Waals surface area contributed by atoms with E-state index in [1.807, 2.05) is 25.2 Å². The molecule has 17 heavy (non-hydrogen) atoms. The summed E-state index contributed by atoms with van der Waals surface area (Å²) in [5.41, 5.74) is 8.68. The summed E-state index contributed by atoms with van der Waals surface area (Å²) in [6.45, 7) is 0.668. The van der Waals surface area contributed by atoms with Crippen molar-refractivity contribution in [1.29, 1.82) is 5.26 Å². The first-order valence-electron chi connectivity index (χ1n) is 5.21. The number of aryl methyl sites for hydroxylation is 1. The molecule has 5 nitrogen and oxygen atoms in total. The molecule has 86 valence electrons. The fourth-order valence-electron chi connectivity index (χ4n) is 1.54. The summed E-state index contributed by atoms with van der Waals surface area (Å²) in [5.74, 6) is 0. The molecule has 0 amide bonds. The van der Waals surface area contributed by atoms with E-state index in [0.29, 0.717) is 17.8 Å². The number of rotatable bonds is 3. The number of nitriles is 1. The Labute approximate surface area is 99.5 Å². The van der Waals surface area contributed by atoms with E-state index in [0.717, 1.165) is 11.4 Å². The summed E-state index contributed by atoms with van der Waals surface area (Å²) in [4.78, 5) is 0. The van der Waals surface area contributed by atoms with E-state index in [1.54, 1.807) is 23.0 Å². The van der Waals surface area contributed by atoms with Crippen molar-refractivity contribution >= 4 is 11.4 Å². The topological polar surface area (TPSA) is 79.7 Å². The maximum Gasteiger partial charge on any atom is 0.101 e. The van der Waals surface area contributed by atoms with Gasteiger partial charge >= 0.3 is 0 Å². The lowest BCUT2D eigenvalue weighted by molar-refractivity contribution is 0.720. The molecule has 5 heteroatoms. The standard InChI is InChI=1S/C12H13N5/c1-17-11(4-5-16-17)8-15-10-3-2-9(7-13)12(14)6-10/h2-6,15H,8,14H2,1H3. The second kappa shape index (κ2) is 4.58. The lowest BCUT2D eigenvalue weighted by atomic mass is 10.2. The number of benzene rings is 1.